The van der Waals surface area contributed by atoms with Gasteiger partial charge in [0, 0.05) is 11.7 Å². The summed E-state index contributed by atoms with van der Waals surface area (Å²) in [6, 6.07) is 7.55. The molecule has 2 N–H and O–H groups in total. The smallest absolute Gasteiger partial charge is 0.313 e. The average molecular weight is 276 g/mol. The maximum Gasteiger partial charge on any atom is 0.313 e. The van der Waals surface area contributed by atoms with Gasteiger partial charge < -0.3 is 10.6 Å². The molecule has 0 spiro atoms. The second-order valence-electron chi connectivity index (χ2n) is 6.06. The summed E-state index contributed by atoms with van der Waals surface area (Å²) in [6.45, 7) is 10.2. The van der Waals surface area contributed by atoms with Crippen molar-refractivity contribution in [3.8, 4) is 0 Å². The Balaban J connectivity index is 2.65. The highest BCUT2D eigenvalue weighted by molar-refractivity contribution is 6.39. The van der Waals surface area contributed by atoms with Gasteiger partial charge in [0.2, 0.25) is 0 Å². The van der Waals surface area contributed by atoms with E-state index in [0.29, 0.717) is 5.69 Å². The second kappa shape index (κ2) is 6.55. The molecule has 0 unspecified atom stereocenters. The van der Waals surface area contributed by atoms with E-state index >= 15 is 0 Å². The van der Waals surface area contributed by atoms with Crippen LogP contribution >= 0.6 is 0 Å². The van der Waals surface area contributed by atoms with Crippen molar-refractivity contribution in [3.05, 3.63) is 29.8 Å². The highest BCUT2D eigenvalue weighted by Gasteiger charge is 2.16. The van der Waals surface area contributed by atoms with Crippen LogP contribution in [0.15, 0.2) is 24.3 Å². The van der Waals surface area contributed by atoms with Crippen molar-refractivity contribution in [2.75, 3.05) is 5.32 Å². The van der Waals surface area contributed by atoms with Crippen LogP contribution in [0.25, 0.3) is 0 Å². The van der Waals surface area contributed by atoms with E-state index in [0.717, 1.165) is 6.42 Å². The van der Waals surface area contributed by atoms with Crippen LogP contribution in [0.3, 0.4) is 0 Å². The molecule has 1 aromatic carbocycles. The number of rotatable bonds is 3. The van der Waals surface area contributed by atoms with Crippen LogP contribution in [0.1, 0.15) is 46.6 Å². The summed E-state index contributed by atoms with van der Waals surface area (Å²) in [4.78, 5) is 23.3. The van der Waals surface area contributed by atoms with E-state index in [2.05, 4.69) is 31.4 Å². The zero-order chi connectivity index (χ0) is 15.3. The zero-order valence-electron chi connectivity index (χ0n) is 12.9. The Morgan fingerprint density at radius 1 is 1.10 bits per heavy atom. The first-order chi connectivity index (χ1) is 9.24. The van der Waals surface area contributed by atoms with E-state index in [-0.39, 0.29) is 11.5 Å². The summed E-state index contributed by atoms with van der Waals surface area (Å²) >= 11 is 0. The topological polar surface area (TPSA) is 58.2 Å². The first-order valence-electron chi connectivity index (χ1n) is 6.96. The highest BCUT2D eigenvalue weighted by Crippen LogP contribution is 2.23. The molecule has 0 saturated carbocycles. The SMILES string of the molecule is CC[C@H](C)NC(=O)C(=O)Nc1ccc(C(C)(C)C)cc1. The predicted octanol–water partition coefficient (Wildman–Crippen LogP) is 2.84. The average Bonchev–Trinajstić information content (AvgIpc) is 2.38. The van der Waals surface area contributed by atoms with Crippen LogP contribution < -0.4 is 10.6 Å². The van der Waals surface area contributed by atoms with Crippen molar-refractivity contribution in [1.82, 2.24) is 5.32 Å². The van der Waals surface area contributed by atoms with Gasteiger partial charge in [0.1, 0.15) is 0 Å². The van der Waals surface area contributed by atoms with E-state index in [1.54, 1.807) is 0 Å². The molecule has 0 aliphatic heterocycles. The number of nitrogens with one attached hydrogen (secondary N) is 2. The number of anilines is 1. The summed E-state index contributed by atoms with van der Waals surface area (Å²) in [5.74, 6) is -1.23. The summed E-state index contributed by atoms with van der Waals surface area (Å²) in [5, 5.41) is 5.23. The number of carbonyl (C=O) groups excluding carboxylic acids is 2. The van der Waals surface area contributed by atoms with Crippen LogP contribution in [-0.2, 0) is 15.0 Å². The molecule has 0 fully saturated rings. The van der Waals surface area contributed by atoms with Crippen molar-refractivity contribution in [1.29, 1.82) is 0 Å². The lowest BCUT2D eigenvalue weighted by molar-refractivity contribution is -0.136. The van der Waals surface area contributed by atoms with Crippen molar-refractivity contribution in [2.24, 2.45) is 0 Å². The Kier molecular flexibility index (Phi) is 5.31. The van der Waals surface area contributed by atoms with Gasteiger partial charge in [-0.3, -0.25) is 9.59 Å². The van der Waals surface area contributed by atoms with Crippen molar-refractivity contribution < 1.29 is 9.59 Å². The Hall–Kier alpha value is -1.84. The van der Waals surface area contributed by atoms with Crippen LogP contribution in [0.2, 0.25) is 0 Å². The van der Waals surface area contributed by atoms with E-state index in [9.17, 15) is 9.59 Å². The summed E-state index contributed by atoms with van der Waals surface area (Å²) in [7, 11) is 0. The maximum absolute atomic E-state index is 11.7. The molecule has 1 atom stereocenters. The van der Waals surface area contributed by atoms with Gasteiger partial charge in [-0.15, -0.1) is 0 Å². The fourth-order valence-corrected chi connectivity index (χ4v) is 1.63. The first kappa shape index (κ1) is 16.2. The van der Waals surface area contributed by atoms with Gasteiger partial charge in [-0.1, -0.05) is 39.8 Å². The highest BCUT2D eigenvalue weighted by atomic mass is 16.2. The molecule has 1 aromatic rings. The summed E-state index contributed by atoms with van der Waals surface area (Å²) < 4.78 is 0. The summed E-state index contributed by atoms with van der Waals surface area (Å²) in [6.07, 6.45) is 0.791. The molecule has 2 amide bonds. The van der Waals surface area contributed by atoms with Crippen LogP contribution in [0.4, 0.5) is 5.69 Å². The number of carbonyl (C=O) groups is 2. The van der Waals surface area contributed by atoms with Crippen LogP contribution in [0.5, 0.6) is 0 Å². The lowest BCUT2D eigenvalue weighted by atomic mass is 9.87. The van der Waals surface area contributed by atoms with Gasteiger partial charge in [-0.05, 0) is 36.5 Å². The van der Waals surface area contributed by atoms with E-state index in [4.69, 9.17) is 0 Å². The quantitative estimate of drug-likeness (QED) is 0.834. The lowest BCUT2D eigenvalue weighted by Gasteiger charge is -2.19. The molecular weight excluding hydrogens is 252 g/mol. The Morgan fingerprint density at radius 3 is 2.10 bits per heavy atom. The lowest BCUT2D eigenvalue weighted by Crippen LogP contribution is -2.40. The number of hydrogen-bond acceptors (Lipinski definition) is 2. The van der Waals surface area contributed by atoms with Gasteiger partial charge in [0.15, 0.2) is 0 Å². The first-order valence-corrected chi connectivity index (χ1v) is 6.96. The van der Waals surface area contributed by atoms with Gasteiger partial charge in [0.05, 0.1) is 0 Å². The molecular formula is C16H24N2O2. The molecule has 110 valence electrons. The van der Waals surface area contributed by atoms with Gasteiger partial charge in [-0.25, -0.2) is 0 Å². The molecule has 0 aromatic heterocycles. The number of benzene rings is 1. The van der Waals surface area contributed by atoms with Gasteiger partial charge in [0.25, 0.3) is 0 Å². The molecule has 4 nitrogen and oxygen atoms in total. The zero-order valence-corrected chi connectivity index (χ0v) is 12.9. The van der Waals surface area contributed by atoms with E-state index < -0.39 is 11.8 Å². The van der Waals surface area contributed by atoms with Gasteiger partial charge in [-0.2, -0.15) is 0 Å². The molecule has 4 heteroatoms. The number of hydrogen-bond donors (Lipinski definition) is 2. The third-order valence-electron chi connectivity index (χ3n) is 3.20. The predicted molar refractivity (Wildman–Crippen MR) is 81.7 cm³/mol. The minimum absolute atomic E-state index is 0.00323. The minimum Gasteiger partial charge on any atom is -0.345 e. The molecule has 0 aliphatic carbocycles. The van der Waals surface area contributed by atoms with Crippen molar-refractivity contribution in [2.45, 2.75) is 52.5 Å². The standard InChI is InChI=1S/C16H24N2O2/c1-6-11(2)17-14(19)15(20)18-13-9-7-12(8-10-13)16(3,4)5/h7-11H,6H2,1-5H3,(H,17,19)(H,18,20)/t11-/m0/s1. The molecule has 0 bridgehead atoms. The second-order valence-corrected chi connectivity index (χ2v) is 6.06. The van der Waals surface area contributed by atoms with E-state index in [1.165, 1.54) is 5.56 Å². The van der Waals surface area contributed by atoms with Crippen molar-refractivity contribution >= 4 is 17.5 Å². The Morgan fingerprint density at radius 2 is 1.65 bits per heavy atom. The molecule has 1 rings (SSSR count). The fraction of sp³-hybridized carbons (Fsp3) is 0.500. The van der Waals surface area contributed by atoms with Crippen molar-refractivity contribution in [3.63, 3.8) is 0 Å². The van der Waals surface area contributed by atoms with Crippen LogP contribution in [-0.4, -0.2) is 17.9 Å². The minimum atomic E-state index is -0.631. The molecule has 0 saturated heterocycles. The summed E-state index contributed by atoms with van der Waals surface area (Å²) in [5.41, 5.74) is 1.87. The van der Waals surface area contributed by atoms with E-state index in [1.807, 2.05) is 38.1 Å². The monoisotopic (exact) mass is 276 g/mol. The maximum atomic E-state index is 11.7. The molecule has 0 heterocycles. The third-order valence-corrected chi connectivity index (χ3v) is 3.20. The Labute approximate surface area is 121 Å². The fourth-order valence-electron chi connectivity index (χ4n) is 1.63. The third kappa shape index (κ3) is 4.68. The molecule has 0 radical (unpaired) electrons. The van der Waals surface area contributed by atoms with Crippen LogP contribution in [0, 0.1) is 0 Å². The number of amides is 2. The Bertz CT molecular complexity index is 472. The largest absolute Gasteiger partial charge is 0.345 e. The molecule has 20 heavy (non-hydrogen) atoms. The normalized spacial score (nSPS) is 12.7. The molecule has 0 aliphatic rings. The van der Waals surface area contributed by atoms with Gasteiger partial charge >= 0.3 is 11.8 Å².